The number of hydrogen-bond donors (Lipinski definition) is 2. The summed E-state index contributed by atoms with van der Waals surface area (Å²) in [6.45, 7) is 0.853. The van der Waals surface area contributed by atoms with Gasteiger partial charge in [-0.3, -0.25) is 14.7 Å². The maximum Gasteiger partial charge on any atom is 0.320 e. The normalized spacial score (nSPS) is 12.9. The number of pyridine rings is 3. The first-order valence-electron chi connectivity index (χ1n) is 9.42. The largest absolute Gasteiger partial charge is 0.351 e. The van der Waals surface area contributed by atoms with Crippen molar-refractivity contribution in [1.29, 1.82) is 0 Å². The van der Waals surface area contributed by atoms with E-state index in [1.165, 1.54) is 11.1 Å². The van der Waals surface area contributed by atoms with Crippen LogP contribution in [0.4, 0.5) is 10.6 Å². The molecule has 0 radical (unpaired) electrons. The van der Waals surface area contributed by atoms with Crippen molar-refractivity contribution in [3.63, 3.8) is 0 Å². The average molecular weight is 423 g/mol. The van der Waals surface area contributed by atoms with Crippen LogP contribution in [0.5, 0.6) is 0 Å². The van der Waals surface area contributed by atoms with Crippen molar-refractivity contribution in [2.75, 3.05) is 11.4 Å². The molecule has 0 unspecified atom stereocenters. The Kier molecular flexibility index (Phi) is 5.58. The number of carbonyl (C=O) groups is 2. The van der Waals surface area contributed by atoms with E-state index >= 15 is 0 Å². The van der Waals surface area contributed by atoms with E-state index in [4.69, 9.17) is 17.3 Å². The van der Waals surface area contributed by atoms with Gasteiger partial charge in [-0.15, -0.1) is 0 Å². The SMILES string of the molecule is NC(=O)N1CCCc2cc(-c3cncc(CNC(=O)c4ncccc4Cl)c3)cnc21. The number of primary amides is 1. The fourth-order valence-corrected chi connectivity index (χ4v) is 3.60. The molecule has 1 aliphatic rings. The number of nitrogens with zero attached hydrogens (tertiary/aromatic N) is 4. The van der Waals surface area contributed by atoms with E-state index in [0.717, 1.165) is 35.1 Å². The average Bonchev–Trinajstić information content (AvgIpc) is 2.77. The van der Waals surface area contributed by atoms with E-state index < -0.39 is 6.03 Å². The third-order valence-electron chi connectivity index (χ3n) is 4.85. The first-order chi connectivity index (χ1) is 14.5. The molecule has 0 bridgehead atoms. The summed E-state index contributed by atoms with van der Waals surface area (Å²) in [5, 5.41) is 3.10. The second kappa shape index (κ2) is 8.46. The number of carbonyl (C=O) groups excluding carboxylic acids is 2. The minimum Gasteiger partial charge on any atom is -0.351 e. The number of nitrogens with two attached hydrogens (primary N) is 1. The predicted molar refractivity (Wildman–Crippen MR) is 113 cm³/mol. The van der Waals surface area contributed by atoms with Gasteiger partial charge in [-0.1, -0.05) is 11.6 Å². The van der Waals surface area contributed by atoms with Gasteiger partial charge in [0, 0.05) is 49.0 Å². The summed E-state index contributed by atoms with van der Waals surface area (Å²) in [6.07, 6.45) is 8.30. The fourth-order valence-electron chi connectivity index (χ4n) is 3.40. The smallest absolute Gasteiger partial charge is 0.320 e. The number of rotatable bonds is 4. The molecule has 30 heavy (non-hydrogen) atoms. The zero-order valence-corrected chi connectivity index (χ0v) is 16.8. The molecule has 3 amide bonds. The third kappa shape index (κ3) is 4.08. The molecule has 152 valence electrons. The van der Waals surface area contributed by atoms with E-state index in [2.05, 4.69) is 20.3 Å². The number of fused-ring (bicyclic) bond motifs is 1. The molecule has 8 nitrogen and oxygen atoms in total. The van der Waals surface area contributed by atoms with E-state index in [0.29, 0.717) is 17.4 Å². The summed E-state index contributed by atoms with van der Waals surface area (Å²) in [6, 6.07) is 6.73. The number of aromatic nitrogens is 3. The number of nitrogens with one attached hydrogen (secondary N) is 1. The van der Waals surface area contributed by atoms with Crippen LogP contribution in [-0.2, 0) is 13.0 Å². The van der Waals surface area contributed by atoms with Crippen molar-refractivity contribution in [2.45, 2.75) is 19.4 Å². The molecular formula is C21H19ClN6O2. The van der Waals surface area contributed by atoms with Gasteiger partial charge in [0.15, 0.2) is 0 Å². The molecule has 4 heterocycles. The van der Waals surface area contributed by atoms with Gasteiger partial charge in [0.2, 0.25) is 0 Å². The van der Waals surface area contributed by atoms with Gasteiger partial charge in [0.1, 0.15) is 11.5 Å². The molecule has 0 saturated carbocycles. The quantitative estimate of drug-likeness (QED) is 0.670. The van der Waals surface area contributed by atoms with Gasteiger partial charge < -0.3 is 11.1 Å². The first kappa shape index (κ1) is 19.8. The Morgan fingerprint density at radius 2 is 2.00 bits per heavy atom. The number of anilines is 1. The van der Waals surface area contributed by atoms with Crippen LogP contribution in [0.2, 0.25) is 5.02 Å². The Labute approximate surface area is 178 Å². The number of amides is 3. The van der Waals surface area contributed by atoms with E-state index in [1.54, 1.807) is 30.7 Å². The summed E-state index contributed by atoms with van der Waals surface area (Å²) in [7, 11) is 0. The number of urea groups is 1. The minimum atomic E-state index is -0.497. The van der Waals surface area contributed by atoms with E-state index in [-0.39, 0.29) is 18.1 Å². The molecule has 3 aromatic heterocycles. The predicted octanol–water partition coefficient (Wildman–Crippen LogP) is 2.95. The monoisotopic (exact) mass is 422 g/mol. The Balaban J connectivity index is 1.52. The highest BCUT2D eigenvalue weighted by Gasteiger charge is 2.22. The zero-order chi connectivity index (χ0) is 21.1. The molecule has 0 fully saturated rings. The molecule has 0 aliphatic carbocycles. The van der Waals surface area contributed by atoms with Crippen molar-refractivity contribution in [2.24, 2.45) is 5.73 Å². The molecule has 0 aromatic carbocycles. The summed E-state index contributed by atoms with van der Waals surface area (Å²) in [5.74, 6) is 0.258. The van der Waals surface area contributed by atoms with E-state index in [9.17, 15) is 9.59 Å². The molecule has 0 saturated heterocycles. The second-order valence-corrected chi connectivity index (χ2v) is 7.31. The van der Waals surface area contributed by atoms with Gasteiger partial charge in [-0.2, -0.15) is 0 Å². The third-order valence-corrected chi connectivity index (χ3v) is 5.15. The van der Waals surface area contributed by atoms with Gasteiger partial charge >= 0.3 is 6.03 Å². The lowest BCUT2D eigenvalue weighted by Crippen LogP contribution is -2.40. The zero-order valence-electron chi connectivity index (χ0n) is 16.0. The van der Waals surface area contributed by atoms with Crippen LogP contribution in [-0.4, -0.2) is 33.4 Å². The van der Waals surface area contributed by atoms with Crippen LogP contribution >= 0.6 is 11.6 Å². The molecular weight excluding hydrogens is 404 g/mol. The van der Waals surface area contributed by atoms with Gasteiger partial charge in [0.05, 0.1) is 5.02 Å². The molecule has 0 spiro atoms. The standard InChI is InChI=1S/C21H19ClN6O2/c22-17-4-1-5-25-18(17)20(29)27-10-13-7-15(11-24-9-13)16-8-14-3-2-6-28(21(23)30)19(14)26-12-16/h1,4-5,7-9,11-12H,2-3,6,10H2,(H2,23,30)(H,27,29). The Morgan fingerprint density at radius 1 is 1.17 bits per heavy atom. The number of hydrogen-bond acceptors (Lipinski definition) is 5. The van der Waals surface area contributed by atoms with Gasteiger partial charge in [-0.05, 0) is 48.2 Å². The second-order valence-electron chi connectivity index (χ2n) is 6.90. The fraction of sp³-hybridized carbons (Fsp3) is 0.190. The van der Waals surface area contributed by atoms with Crippen molar-refractivity contribution in [1.82, 2.24) is 20.3 Å². The van der Waals surface area contributed by atoms with E-state index in [1.807, 2.05) is 12.1 Å². The van der Waals surface area contributed by atoms with Crippen molar-refractivity contribution in [3.8, 4) is 11.1 Å². The lowest BCUT2D eigenvalue weighted by atomic mass is 10.0. The van der Waals surface area contributed by atoms with Crippen LogP contribution in [0.15, 0.2) is 49.1 Å². The van der Waals surface area contributed by atoms with Crippen LogP contribution < -0.4 is 16.0 Å². The highest BCUT2D eigenvalue weighted by Crippen LogP contribution is 2.29. The Morgan fingerprint density at radius 3 is 2.80 bits per heavy atom. The topological polar surface area (TPSA) is 114 Å². The maximum absolute atomic E-state index is 12.3. The molecule has 1 aliphatic heterocycles. The summed E-state index contributed by atoms with van der Waals surface area (Å²) < 4.78 is 0. The highest BCUT2D eigenvalue weighted by atomic mass is 35.5. The van der Waals surface area contributed by atoms with Crippen molar-refractivity contribution >= 4 is 29.4 Å². The van der Waals surface area contributed by atoms with Crippen LogP contribution in [0.1, 0.15) is 28.0 Å². The summed E-state index contributed by atoms with van der Waals surface area (Å²) >= 11 is 6.02. The number of aryl methyl sites for hydroxylation is 1. The lowest BCUT2D eigenvalue weighted by Gasteiger charge is -2.26. The van der Waals surface area contributed by atoms with Crippen LogP contribution in [0.25, 0.3) is 11.1 Å². The molecule has 3 N–H and O–H groups in total. The van der Waals surface area contributed by atoms with Crippen molar-refractivity contribution < 1.29 is 9.59 Å². The van der Waals surface area contributed by atoms with Crippen LogP contribution in [0.3, 0.4) is 0 Å². The van der Waals surface area contributed by atoms with Crippen molar-refractivity contribution in [3.05, 3.63) is 70.9 Å². The van der Waals surface area contributed by atoms with Crippen LogP contribution in [0, 0.1) is 0 Å². The molecule has 3 aromatic rings. The molecule has 0 atom stereocenters. The van der Waals surface area contributed by atoms with Gasteiger partial charge in [-0.25, -0.2) is 14.8 Å². The minimum absolute atomic E-state index is 0.182. The van der Waals surface area contributed by atoms with Gasteiger partial charge in [0.25, 0.3) is 5.91 Å². The highest BCUT2D eigenvalue weighted by molar-refractivity contribution is 6.33. The molecule has 4 rings (SSSR count). The Bertz CT molecular complexity index is 1120. The number of halogens is 1. The first-order valence-corrected chi connectivity index (χ1v) is 9.79. The summed E-state index contributed by atoms with van der Waals surface area (Å²) in [4.78, 5) is 38.2. The summed E-state index contributed by atoms with van der Waals surface area (Å²) in [5.41, 5.74) is 9.18. The Hall–Kier alpha value is -3.52. The lowest BCUT2D eigenvalue weighted by molar-refractivity contribution is 0.0946. The molecule has 9 heteroatoms. The maximum atomic E-state index is 12.3.